The minimum absolute atomic E-state index is 0.517. The van der Waals surface area contributed by atoms with E-state index < -0.39 is 10.2 Å². The number of halogens is 2. The number of aryl methyl sites for hydroxylation is 1. The minimum atomic E-state index is -4.94. The van der Waals surface area contributed by atoms with Crippen molar-refractivity contribution in [2.45, 2.75) is 83.6 Å². The number of hydrogen-bond donors (Lipinski definition) is 1. The van der Waals surface area contributed by atoms with E-state index in [1.54, 1.807) is 0 Å². The van der Waals surface area contributed by atoms with Crippen LogP contribution in [0.4, 0.5) is 0 Å². The molecule has 4 rings (SSSR count). The number of rotatable bonds is 2. The quantitative estimate of drug-likeness (QED) is 0.537. The van der Waals surface area contributed by atoms with Gasteiger partial charge >= 0.3 is 0 Å². The summed E-state index contributed by atoms with van der Waals surface area (Å²) >= 11 is 6.10. The van der Waals surface area contributed by atoms with Gasteiger partial charge in [-0.15, -0.1) is 10.2 Å². The summed E-state index contributed by atoms with van der Waals surface area (Å²) in [5.74, 6) is 0.878. The van der Waals surface area contributed by atoms with Gasteiger partial charge in [0.1, 0.15) is 11.3 Å². The van der Waals surface area contributed by atoms with E-state index in [-0.39, 0.29) is 0 Å². The fraction of sp³-hybridized carbons (Fsp3) is 0.464. The Labute approximate surface area is 220 Å². The van der Waals surface area contributed by atoms with Crippen molar-refractivity contribution in [3.8, 4) is 11.3 Å². The summed E-state index contributed by atoms with van der Waals surface area (Å²) in [5.41, 5.74) is 3.23. The Morgan fingerprint density at radius 3 is 1.86 bits per heavy atom. The van der Waals surface area contributed by atoms with Crippen molar-refractivity contribution in [2.24, 2.45) is 0 Å². The lowest BCUT2D eigenvalue weighted by atomic mass is 9.98. The summed E-state index contributed by atoms with van der Waals surface area (Å²) in [4.78, 5) is 3.94. The molecule has 0 aliphatic heterocycles. The number of hydrogen-bond acceptors (Lipinski definition) is 5. The maximum Gasteiger partial charge on any atom is 0.213 e. The zero-order valence-electron chi connectivity index (χ0n) is 20.8. The first-order chi connectivity index (χ1) is 17.2. The van der Waals surface area contributed by atoms with Gasteiger partial charge in [0.05, 0.1) is 11.5 Å². The maximum absolute atomic E-state index is 8.49. The van der Waals surface area contributed by atoms with Crippen LogP contribution in [0.15, 0.2) is 52.9 Å². The summed E-state index contributed by atoms with van der Waals surface area (Å²) in [6, 6.07) is 17.1. The molecule has 0 amide bonds. The Morgan fingerprint density at radius 1 is 0.778 bits per heavy atom. The third-order valence-electron chi connectivity index (χ3n) is 6.51. The Morgan fingerprint density at radius 2 is 1.31 bits per heavy atom. The average Bonchev–Trinajstić information content (AvgIpc) is 2.80. The van der Waals surface area contributed by atoms with Gasteiger partial charge in [-0.2, -0.15) is 0 Å². The van der Waals surface area contributed by atoms with Crippen LogP contribution >= 0.6 is 11.6 Å². The van der Waals surface area contributed by atoms with Crippen molar-refractivity contribution in [2.75, 3.05) is 0 Å². The predicted molar refractivity (Wildman–Crippen MR) is 130 cm³/mol. The molecule has 1 N–H and O–H groups in total. The molecule has 6 nitrogen and oxygen atoms in total. The van der Waals surface area contributed by atoms with Crippen LogP contribution in [0.5, 0.6) is 0 Å². The van der Waals surface area contributed by atoms with Crippen LogP contribution in [-0.4, -0.2) is 6.04 Å². The molecule has 1 heterocycles. The molecule has 1 aliphatic carbocycles. The normalized spacial score (nSPS) is 17.1. The number of benzene rings is 2. The largest absolute Gasteiger partial charge is 0.456 e. The van der Waals surface area contributed by atoms with Crippen molar-refractivity contribution in [3.05, 3.63) is 64.5 Å². The average molecular weight is 536 g/mol. The zero-order valence-corrected chi connectivity index (χ0v) is 22.3. The Kier molecular flexibility index (Phi) is 11.2. The molecule has 0 bridgehead atoms. The van der Waals surface area contributed by atoms with E-state index in [9.17, 15) is 0 Å². The first-order valence-corrected chi connectivity index (χ1v) is 14.3. The molecule has 1 fully saturated rings. The van der Waals surface area contributed by atoms with Gasteiger partial charge in [0, 0.05) is 23.4 Å². The second-order valence-electron chi connectivity index (χ2n) is 9.51. The molecule has 0 saturated heterocycles. The highest BCUT2D eigenvalue weighted by Crippen LogP contribution is 2.24. The first-order valence-electron chi connectivity index (χ1n) is 12.7. The maximum atomic E-state index is 8.49. The Hall–Kier alpha value is -1.93. The fourth-order valence-electron chi connectivity index (χ4n) is 4.70. The third-order valence-corrected chi connectivity index (χ3v) is 6.77. The van der Waals surface area contributed by atoms with Crippen LogP contribution in [0.3, 0.4) is 0 Å². The second kappa shape index (κ2) is 14.1. The topological polar surface area (TPSA) is 119 Å². The van der Waals surface area contributed by atoms with E-state index in [0.29, 0.717) is 6.04 Å². The van der Waals surface area contributed by atoms with Gasteiger partial charge in [-0.05, 0) is 56.2 Å². The molecule has 0 atom stereocenters. The van der Waals surface area contributed by atoms with Gasteiger partial charge in [0.15, 0.2) is 6.04 Å². The van der Waals surface area contributed by atoms with Gasteiger partial charge in [-0.3, -0.25) is 0 Å². The Bertz CT molecular complexity index is 1140. The van der Waals surface area contributed by atoms with Crippen molar-refractivity contribution in [1.82, 2.24) is 0 Å². The van der Waals surface area contributed by atoms with Crippen LogP contribution < -0.4 is 29.0 Å². The molecule has 0 unspecified atom stereocenters. The highest BCUT2D eigenvalue weighted by molar-refractivity contribution is 6.30. The fourth-order valence-corrected chi connectivity index (χ4v) is 4.83. The highest BCUT2D eigenvalue weighted by Gasteiger charge is 2.15. The van der Waals surface area contributed by atoms with Gasteiger partial charge in [0.25, 0.3) is 0 Å². The van der Waals surface area contributed by atoms with Gasteiger partial charge in [0.2, 0.25) is 5.36 Å². The molecule has 0 spiro atoms. The monoisotopic (exact) mass is 535 g/mol. The SMILES string of the molecule is Cc1ccc2oc(-c3ccc(Cl)cc3)cc(=[NH+]C3CCCCCCCCCCC3)c2c1.[O-][Cl+3]([O-])([O-])[O-]. The summed E-state index contributed by atoms with van der Waals surface area (Å²) in [6.07, 6.45) is 14.9. The second-order valence-corrected chi connectivity index (χ2v) is 10.7. The van der Waals surface area contributed by atoms with Crippen molar-refractivity contribution >= 4 is 22.6 Å². The van der Waals surface area contributed by atoms with Crippen molar-refractivity contribution < 1.29 is 38.3 Å². The third kappa shape index (κ3) is 10.2. The lowest BCUT2D eigenvalue weighted by Gasteiger charge is -2.17. The molecule has 1 aromatic heterocycles. The molecule has 196 valence electrons. The molecule has 1 saturated carbocycles. The predicted octanol–water partition coefficient (Wildman–Crippen LogP) is 1.96. The smallest absolute Gasteiger partial charge is 0.213 e. The van der Waals surface area contributed by atoms with E-state index in [4.69, 9.17) is 34.7 Å². The minimum Gasteiger partial charge on any atom is -0.456 e. The lowest BCUT2D eigenvalue weighted by Crippen LogP contribution is -2.82. The van der Waals surface area contributed by atoms with Gasteiger partial charge in [-0.25, -0.2) is 23.6 Å². The van der Waals surface area contributed by atoms with Crippen LogP contribution in [0.1, 0.15) is 76.2 Å². The molecule has 3 aromatic rings. The van der Waals surface area contributed by atoms with Crippen LogP contribution in [0, 0.1) is 17.2 Å². The molecule has 0 radical (unpaired) electrons. The van der Waals surface area contributed by atoms with Gasteiger partial charge < -0.3 is 4.42 Å². The lowest BCUT2D eigenvalue weighted by molar-refractivity contribution is -2.00. The number of nitrogens with one attached hydrogen (secondary N) is 1. The van der Waals surface area contributed by atoms with E-state index in [1.807, 2.05) is 24.3 Å². The van der Waals surface area contributed by atoms with E-state index in [1.165, 1.54) is 86.9 Å². The summed E-state index contributed by atoms with van der Waals surface area (Å²) < 4.78 is 40.3. The summed E-state index contributed by atoms with van der Waals surface area (Å²) in [5, 5.41) is 3.10. The molecular formula is C28H35Cl2NO5. The standard InChI is InChI=1S/C28H34ClNO.ClHO4/c1-21-13-18-27-25(19-21)26(20-28(31-27)22-14-16-23(29)17-15-22)30-24-11-9-7-5-3-2-4-6-8-10-12-24;2-1(3,4)5/h13-20,24H,2-12H2,1H3;(H,2,3,4,5). The molecule has 1 aliphatic rings. The summed E-state index contributed by atoms with van der Waals surface area (Å²) in [6.45, 7) is 2.15. The molecular weight excluding hydrogens is 501 g/mol. The van der Waals surface area contributed by atoms with E-state index in [0.717, 1.165) is 21.9 Å². The van der Waals surface area contributed by atoms with Gasteiger partial charge in [-0.1, -0.05) is 68.2 Å². The molecule has 2 aromatic carbocycles. The Balaban J connectivity index is 0.000000658. The first kappa shape index (κ1) is 28.6. The highest BCUT2D eigenvalue weighted by atomic mass is 35.7. The summed E-state index contributed by atoms with van der Waals surface area (Å²) in [7, 11) is -4.94. The van der Waals surface area contributed by atoms with Crippen LogP contribution in [-0.2, 0) is 0 Å². The van der Waals surface area contributed by atoms with Crippen LogP contribution in [0.25, 0.3) is 22.3 Å². The van der Waals surface area contributed by atoms with E-state index >= 15 is 0 Å². The van der Waals surface area contributed by atoms with Crippen molar-refractivity contribution in [3.63, 3.8) is 0 Å². The zero-order chi connectivity index (χ0) is 26.0. The molecule has 8 heteroatoms. The van der Waals surface area contributed by atoms with Crippen molar-refractivity contribution in [1.29, 1.82) is 0 Å². The molecule has 36 heavy (non-hydrogen) atoms. The number of fused-ring (bicyclic) bond motifs is 1. The van der Waals surface area contributed by atoms with E-state index in [2.05, 4.69) is 36.2 Å². The van der Waals surface area contributed by atoms with Crippen LogP contribution in [0.2, 0.25) is 5.02 Å².